The van der Waals surface area contributed by atoms with E-state index in [0.717, 1.165) is 42.0 Å². The zero-order chi connectivity index (χ0) is 21.2. The highest BCUT2D eigenvalue weighted by atomic mass is 79.9. The molecule has 156 valence electrons. The number of hydrazone groups is 1. The zero-order valence-electron chi connectivity index (χ0n) is 17.6. The number of hydrogen-bond donors (Lipinski definition) is 0. The van der Waals surface area contributed by atoms with Crippen LogP contribution in [-0.4, -0.2) is 47.3 Å². The Morgan fingerprint density at radius 2 is 1.65 bits per heavy atom. The predicted molar refractivity (Wildman–Crippen MR) is 131 cm³/mol. The molecule has 1 fully saturated rings. The Morgan fingerprint density at radius 1 is 0.903 bits per heavy atom. The molecule has 0 bridgehead atoms. The van der Waals surface area contributed by atoms with Gasteiger partial charge in [0.05, 0.1) is 18.0 Å². The van der Waals surface area contributed by atoms with Crippen molar-refractivity contribution in [3.63, 3.8) is 0 Å². The topological polar surface area (TPSA) is 31.7 Å². The molecule has 1 atom stereocenters. The van der Waals surface area contributed by atoms with Gasteiger partial charge in [0, 0.05) is 36.4 Å². The molecule has 3 aromatic rings. The van der Waals surface area contributed by atoms with Gasteiger partial charge in [0.15, 0.2) is 0 Å². The smallest absolute Gasteiger partial charge is 0.0833 e. The van der Waals surface area contributed by atoms with E-state index in [1.54, 1.807) is 0 Å². The van der Waals surface area contributed by atoms with Crippen molar-refractivity contribution >= 4 is 32.7 Å². The van der Waals surface area contributed by atoms with Crippen LogP contribution in [0.1, 0.15) is 39.7 Å². The fraction of sp³-hybridized carbons (Fsp3) is 0.231. The fourth-order valence-electron chi connectivity index (χ4n) is 4.48. The summed E-state index contributed by atoms with van der Waals surface area (Å²) in [6, 6.07) is 23.8. The van der Waals surface area contributed by atoms with E-state index in [1.807, 2.05) is 31.3 Å². The van der Waals surface area contributed by atoms with Crippen LogP contribution in [0.25, 0.3) is 10.6 Å². The van der Waals surface area contributed by atoms with Crippen LogP contribution >= 0.6 is 15.9 Å². The molecule has 4 nitrogen and oxygen atoms in total. The molecule has 1 aromatic heterocycles. The molecule has 0 spiro atoms. The Kier molecular flexibility index (Phi) is 5.70. The normalized spacial score (nSPS) is 19.0. The maximum atomic E-state index is 4.69. The van der Waals surface area contributed by atoms with Crippen LogP contribution in [-0.2, 0) is 0 Å². The first-order valence-electron chi connectivity index (χ1n) is 10.7. The summed E-state index contributed by atoms with van der Waals surface area (Å²) in [5, 5.41) is 6.85. The van der Waals surface area contributed by atoms with Crippen molar-refractivity contribution in [2.24, 2.45) is 5.10 Å². The number of piperazine rings is 1. The second kappa shape index (κ2) is 8.77. The minimum atomic E-state index is 0.239. The van der Waals surface area contributed by atoms with E-state index in [9.17, 15) is 0 Å². The Hall–Kier alpha value is -2.76. The van der Waals surface area contributed by atoms with Crippen molar-refractivity contribution < 1.29 is 0 Å². The number of nitrogens with zero attached hydrogens (tertiary/aromatic N) is 4. The number of benzene rings is 2. The third-order valence-electron chi connectivity index (χ3n) is 6.00. The second-order valence-corrected chi connectivity index (χ2v) is 8.90. The summed E-state index contributed by atoms with van der Waals surface area (Å²) >= 11 is 3.83. The molecule has 31 heavy (non-hydrogen) atoms. The molecule has 1 saturated heterocycles. The molecular weight excluding hydrogens is 448 g/mol. The van der Waals surface area contributed by atoms with Crippen LogP contribution < -0.4 is 0 Å². The maximum absolute atomic E-state index is 4.69. The largest absolute Gasteiger partial charge is 0.294 e. The number of rotatable bonds is 3. The standard InChI is InChI=1S/C26H25BrN4/c1-19-7-6-9-21(29-19)18-28-31-15-13-30(14-16-31)26-22-10-3-2-8-20(22)17-25(27)23-11-4-5-12-24(23)26/h2-12,17-18,26H,13-16H2,1H3. The Labute approximate surface area is 192 Å². The fourth-order valence-corrected chi connectivity index (χ4v) is 5.09. The van der Waals surface area contributed by atoms with Crippen molar-refractivity contribution in [1.82, 2.24) is 14.9 Å². The molecule has 0 amide bonds. The van der Waals surface area contributed by atoms with E-state index >= 15 is 0 Å². The van der Waals surface area contributed by atoms with Gasteiger partial charge in [-0.05, 0) is 47.4 Å². The van der Waals surface area contributed by atoms with Gasteiger partial charge in [0.25, 0.3) is 0 Å². The lowest BCUT2D eigenvalue weighted by Crippen LogP contribution is -2.46. The van der Waals surface area contributed by atoms with Gasteiger partial charge in [-0.2, -0.15) is 5.10 Å². The summed E-state index contributed by atoms with van der Waals surface area (Å²) in [5.41, 5.74) is 7.20. The van der Waals surface area contributed by atoms with E-state index in [-0.39, 0.29) is 6.04 Å². The lowest BCUT2D eigenvalue weighted by atomic mass is 9.92. The van der Waals surface area contributed by atoms with Gasteiger partial charge < -0.3 is 0 Å². The molecule has 1 unspecified atom stereocenters. The molecule has 5 heteroatoms. The zero-order valence-corrected chi connectivity index (χ0v) is 19.2. The highest BCUT2D eigenvalue weighted by Gasteiger charge is 2.30. The van der Waals surface area contributed by atoms with Gasteiger partial charge in [-0.1, -0.05) is 70.5 Å². The summed E-state index contributed by atoms with van der Waals surface area (Å²) in [6.45, 7) is 5.73. The molecule has 2 aliphatic rings. The summed E-state index contributed by atoms with van der Waals surface area (Å²) in [7, 11) is 0. The second-order valence-electron chi connectivity index (χ2n) is 8.05. The summed E-state index contributed by atoms with van der Waals surface area (Å²) in [5.74, 6) is 0. The number of halogens is 1. The highest BCUT2D eigenvalue weighted by Crippen LogP contribution is 2.41. The van der Waals surface area contributed by atoms with Crippen LogP contribution in [0.2, 0.25) is 0 Å². The van der Waals surface area contributed by atoms with Crippen molar-refractivity contribution in [2.75, 3.05) is 26.2 Å². The average molecular weight is 473 g/mol. The van der Waals surface area contributed by atoms with Gasteiger partial charge in [-0.25, -0.2) is 0 Å². The third kappa shape index (κ3) is 4.21. The van der Waals surface area contributed by atoms with Crippen LogP contribution in [0, 0.1) is 6.92 Å². The molecule has 0 saturated carbocycles. The van der Waals surface area contributed by atoms with E-state index < -0.39 is 0 Å². The lowest BCUT2D eigenvalue weighted by molar-refractivity contribution is 0.112. The van der Waals surface area contributed by atoms with Crippen LogP contribution in [0.4, 0.5) is 0 Å². The molecule has 1 aliphatic heterocycles. The SMILES string of the molecule is Cc1cccc(C=NN2CCN(C3c4ccccc4C=C(Br)c4ccccc43)CC2)n1. The monoisotopic (exact) mass is 472 g/mol. The first-order valence-corrected chi connectivity index (χ1v) is 11.5. The number of aryl methyl sites for hydroxylation is 1. The summed E-state index contributed by atoms with van der Waals surface area (Å²) in [4.78, 5) is 7.11. The van der Waals surface area contributed by atoms with Crippen LogP contribution in [0.15, 0.2) is 71.8 Å². The molecule has 5 rings (SSSR count). The van der Waals surface area contributed by atoms with Crippen LogP contribution in [0.3, 0.4) is 0 Å². The molecular formula is C26H25BrN4. The molecule has 0 radical (unpaired) electrons. The molecule has 2 aromatic carbocycles. The number of fused-ring (bicyclic) bond motifs is 2. The molecule has 0 N–H and O–H groups in total. The van der Waals surface area contributed by atoms with Gasteiger partial charge in [0.1, 0.15) is 0 Å². The first-order chi connectivity index (χ1) is 15.2. The van der Waals surface area contributed by atoms with E-state index in [0.29, 0.717) is 0 Å². The van der Waals surface area contributed by atoms with Crippen molar-refractivity contribution in [2.45, 2.75) is 13.0 Å². The lowest BCUT2D eigenvalue weighted by Gasteiger charge is -2.39. The van der Waals surface area contributed by atoms with E-state index in [4.69, 9.17) is 5.10 Å². The minimum Gasteiger partial charge on any atom is -0.294 e. The number of hydrogen-bond acceptors (Lipinski definition) is 4. The Morgan fingerprint density at radius 3 is 2.45 bits per heavy atom. The Bertz CT molecular complexity index is 1150. The number of aromatic nitrogens is 1. The first kappa shape index (κ1) is 20.2. The maximum Gasteiger partial charge on any atom is 0.0833 e. The van der Waals surface area contributed by atoms with Crippen molar-refractivity contribution in [1.29, 1.82) is 0 Å². The van der Waals surface area contributed by atoms with Gasteiger partial charge in [-0.3, -0.25) is 14.9 Å². The van der Waals surface area contributed by atoms with Crippen molar-refractivity contribution in [3.8, 4) is 0 Å². The van der Waals surface area contributed by atoms with E-state index in [2.05, 4.69) is 85.4 Å². The quantitative estimate of drug-likeness (QED) is 0.482. The van der Waals surface area contributed by atoms with Crippen molar-refractivity contribution in [3.05, 3.63) is 100 Å². The predicted octanol–water partition coefficient (Wildman–Crippen LogP) is 5.34. The van der Waals surface area contributed by atoms with Gasteiger partial charge >= 0.3 is 0 Å². The summed E-state index contributed by atoms with van der Waals surface area (Å²) < 4.78 is 1.15. The van der Waals surface area contributed by atoms with Crippen LogP contribution in [0.5, 0.6) is 0 Å². The average Bonchev–Trinajstić information content (AvgIpc) is 2.92. The van der Waals surface area contributed by atoms with Gasteiger partial charge in [-0.15, -0.1) is 0 Å². The van der Waals surface area contributed by atoms with Gasteiger partial charge in [0.2, 0.25) is 0 Å². The Balaban J connectivity index is 1.39. The molecule has 2 heterocycles. The third-order valence-corrected chi connectivity index (χ3v) is 6.66. The highest BCUT2D eigenvalue weighted by molar-refractivity contribution is 9.15. The summed E-state index contributed by atoms with van der Waals surface area (Å²) in [6.07, 6.45) is 4.13. The molecule has 1 aliphatic carbocycles. The minimum absolute atomic E-state index is 0.239. The van der Waals surface area contributed by atoms with E-state index in [1.165, 1.54) is 22.3 Å². The number of pyridine rings is 1.